The van der Waals surface area contributed by atoms with E-state index in [1.165, 1.54) is 6.26 Å². The van der Waals surface area contributed by atoms with E-state index in [1.54, 1.807) is 24.3 Å². The van der Waals surface area contributed by atoms with Crippen LogP contribution in [0.25, 0.3) is 0 Å². The van der Waals surface area contributed by atoms with Gasteiger partial charge in [0.15, 0.2) is 9.84 Å². The number of carbonyl (C=O) groups excluding carboxylic acids is 1. The standard InChI is InChI=1S/C22H27ClN2O3S/c1-16(17-9-11-20(12-10-17)29(2,27)28)24-22(26)19-7-5-13-25(15-19)14-18-6-3-4-8-21(18)23/h3-4,6,8-12,16,19H,5,7,13-15H2,1-2H3,(H,24,26)/t16-,19+/m0/s1. The van der Waals surface area contributed by atoms with E-state index in [0.29, 0.717) is 6.54 Å². The highest BCUT2D eigenvalue weighted by molar-refractivity contribution is 7.90. The Morgan fingerprint density at radius 3 is 2.55 bits per heavy atom. The van der Waals surface area contributed by atoms with Crippen LogP contribution in [0.1, 0.15) is 36.9 Å². The first kappa shape index (κ1) is 21.8. The summed E-state index contributed by atoms with van der Waals surface area (Å²) in [5, 5.41) is 3.83. The minimum absolute atomic E-state index is 0.0357. The lowest BCUT2D eigenvalue weighted by molar-refractivity contribution is -0.127. The maximum absolute atomic E-state index is 12.8. The molecule has 0 spiro atoms. The summed E-state index contributed by atoms with van der Waals surface area (Å²) in [5.41, 5.74) is 1.96. The van der Waals surface area contributed by atoms with E-state index in [9.17, 15) is 13.2 Å². The predicted octanol–water partition coefficient (Wildman–Crippen LogP) is 3.83. The molecule has 7 heteroatoms. The Bertz CT molecular complexity index is 960. The summed E-state index contributed by atoms with van der Waals surface area (Å²) < 4.78 is 23.2. The first-order chi connectivity index (χ1) is 13.7. The van der Waals surface area contributed by atoms with Gasteiger partial charge < -0.3 is 5.32 Å². The monoisotopic (exact) mass is 434 g/mol. The van der Waals surface area contributed by atoms with Gasteiger partial charge >= 0.3 is 0 Å². The van der Waals surface area contributed by atoms with E-state index >= 15 is 0 Å². The van der Waals surface area contributed by atoms with Crippen LogP contribution < -0.4 is 5.32 Å². The molecule has 0 radical (unpaired) electrons. The molecule has 29 heavy (non-hydrogen) atoms. The first-order valence-electron chi connectivity index (χ1n) is 9.80. The quantitative estimate of drug-likeness (QED) is 0.750. The Hall–Kier alpha value is -1.89. The molecule has 0 saturated carbocycles. The molecule has 1 aliphatic rings. The van der Waals surface area contributed by atoms with Gasteiger partial charge in [0.05, 0.1) is 16.9 Å². The van der Waals surface area contributed by atoms with Crippen molar-refractivity contribution in [1.29, 1.82) is 0 Å². The fourth-order valence-corrected chi connectivity index (χ4v) is 4.52. The lowest BCUT2D eigenvalue weighted by atomic mass is 9.96. The van der Waals surface area contributed by atoms with Gasteiger partial charge in [-0.05, 0) is 55.6 Å². The number of rotatable bonds is 6. The minimum Gasteiger partial charge on any atom is -0.349 e. The number of nitrogens with zero attached hydrogens (tertiary/aromatic N) is 1. The van der Waals surface area contributed by atoms with Crippen molar-refractivity contribution in [3.05, 3.63) is 64.7 Å². The van der Waals surface area contributed by atoms with E-state index in [-0.39, 0.29) is 22.8 Å². The van der Waals surface area contributed by atoms with Gasteiger partial charge in [0.2, 0.25) is 5.91 Å². The molecule has 2 aromatic rings. The van der Waals surface area contributed by atoms with E-state index < -0.39 is 9.84 Å². The lowest BCUT2D eigenvalue weighted by Gasteiger charge is -2.32. The molecule has 1 fully saturated rings. The Balaban J connectivity index is 1.59. The summed E-state index contributed by atoms with van der Waals surface area (Å²) >= 11 is 6.27. The van der Waals surface area contributed by atoms with Crippen LogP contribution in [0.2, 0.25) is 5.02 Å². The second-order valence-corrected chi connectivity index (χ2v) is 10.2. The molecular formula is C22H27ClN2O3S. The van der Waals surface area contributed by atoms with Crippen molar-refractivity contribution in [2.24, 2.45) is 5.92 Å². The van der Waals surface area contributed by atoms with E-state index in [2.05, 4.69) is 10.2 Å². The van der Waals surface area contributed by atoms with Crippen LogP contribution in [-0.4, -0.2) is 38.6 Å². The van der Waals surface area contributed by atoms with Gasteiger partial charge in [-0.15, -0.1) is 0 Å². The lowest BCUT2D eigenvalue weighted by Crippen LogP contribution is -2.43. The van der Waals surface area contributed by atoms with Crippen LogP contribution in [-0.2, 0) is 21.2 Å². The van der Waals surface area contributed by atoms with Gasteiger partial charge in [0, 0.05) is 24.4 Å². The van der Waals surface area contributed by atoms with Crippen LogP contribution in [0, 0.1) is 5.92 Å². The molecule has 5 nitrogen and oxygen atoms in total. The summed E-state index contributed by atoms with van der Waals surface area (Å²) in [6, 6.07) is 14.3. The number of nitrogens with one attached hydrogen (secondary N) is 1. The number of sulfone groups is 1. The molecule has 1 N–H and O–H groups in total. The minimum atomic E-state index is -3.22. The molecule has 2 aromatic carbocycles. The molecule has 1 amide bonds. The zero-order valence-corrected chi connectivity index (χ0v) is 18.3. The van der Waals surface area contributed by atoms with Crippen molar-refractivity contribution in [3.63, 3.8) is 0 Å². The number of hydrogen-bond acceptors (Lipinski definition) is 4. The van der Waals surface area contributed by atoms with E-state index in [0.717, 1.165) is 42.1 Å². The Morgan fingerprint density at radius 2 is 1.90 bits per heavy atom. The van der Waals surface area contributed by atoms with Crippen molar-refractivity contribution in [1.82, 2.24) is 10.2 Å². The van der Waals surface area contributed by atoms with Crippen LogP contribution in [0.4, 0.5) is 0 Å². The second-order valence-electron chi connectivity index (χ2n) is 7.74. The predicted molar refractivity (Wildman–Crippen MR) is 116 cm³/mol. The third-order valence-corrected chi connectivity index (χ3v) is 6.89. The van der Waals surface area contributed by atoms with Crippen LogP contribution in [0.3, 0.4) is 0 Å². The highest BCUT2D eigenvalue weighted by Crippen LogP contribution is 2.23. The number of halogens is 1. The molecule has 1 saturated heterocycles. The number of carbonyl (C=O) groups is 1. The summed E-state index contributed by atoms with van der Waals surface area (Å²) in [6.07, 6.45) is 3.02. The van der Waals surface area contributed by atoms with Crippen LogP contribution in [0.15, 0.2) is 53.4 Å². The zero-order valence-electron chi connectivity index (χ0n) is 16.8. The van der Waals surface area contributed by atoms with Crippen molar-refractivity contribution >= 4 is 27.3 Å². The molecule has 0 unspecified atom stereocenters. The summed E-state index contributed by atoms with van der Waals surface area (Å²) in [4.78, 5) is 15.4. The third kappa shape index (κ3) is 5.81. The molecule has 2 atom stereocenters. The summed E-state index contributed by atoms with van der Waals surface area (Å²) in [7, 11) is -3.22. The third-order valence-electron chi connectivity index (χ3n) is 5.40. The molecule has 0 aliphatic carbocycles. The Kier molecular flexibility index (Phi) is 6.98. The van der Waals surface area contributed by atoms with E-state index in [4.69, 9.17) is 11.6 Å². The number of hydrogen-bond donors (Lipinski definition) is 1. The molecule has 1 heterocycles. The fourth-order valence-electron chi connectivity index (χ4n) is 3.70. The molecule has 0 aromatic heterocycles. The summed E-state index contributed by atoms with van der Waals surface area (Å²) in [5.74, 6) is -0.0301. The molecule has 1 aliphatic heterocycles. The number of amides is 1. The molecule has 3 rings (SSSR count). The Morgan fingerprint density at radius 1 is 1.21 bits per heavy atom. The largest absolute Gasteiger partial charge is 0.349 e. The smallest absolute Gasteiger partial charge is 0.224 e. The number of likely N-dealkylation sites (tertiary alicyclic amines) is 1. The van der Waals surface area contributed by atoms with Gasteiger partial charge in [-0.1, -0.05) is 41.9 Å². The maximum atomic E-state index is 12.8. The molecule has 156 valence electrons. The van der Waals surface area contributed by atoms with Crippen molar-refractivity contribution in [3.8, 4) is 0 Å². The summed E-state index contributed by atoms with van der Waals surface area (Å²) in [6.45, 7) is 4.32. The van der Waals surface area contributed by atoms with Crippen molar-refractivity contribution in [2.45, 2.75) is 37.2 Å². The average molecular weight is 435 g/mol. The zero-order chi connectivity index (χ0) is 21.0. The van der Waals surface area contributed by atoms with Gasteiger partial charge in [0.1, 0.15) is 0 Å². The van der Waals surface area contributed by atoms with Gasteiger partial charge in [-0.3, -0.25) is 9.69 Å². The van der Waals surface area contributed by atoms with Crippen molar-refractivity contribution in [2.75, 3.05) is 19.3 Å². The van der Waals surface area contributed by atoms with Gasteiger partial charge in [-0.25, -0.2) is 8.42 Å². The first-order valence-corrected chi connectivity index (χ1v) is 12.1. The molecular weight excluding hydrogens is 408 g/mol. The fraction of sp³-hybridized carbons (Fsp3) is 0.409. The second kappa shape index (κ2) is 9.28. The number of benzene rings is 2. The maximum Gasteiger partial charge on any atom is 0.224 e. The van der Waals surface area contributed by atoms with Crippen molar-refractivity contribution < 1.29 is 13.2 Å². The van der Waals surface area contributed by atoms with Crippen LogP contribution in [0.5, 0.6) is 0 Å². The highest BCUT2D eigenvalue weighted by atomic mass is 35.5. The van der Waals surface area contributed by atoms with E-state index in [1.807, 2.05) is 31.2 Å². The molecule has 0 bridgehead atoms. The normalized spacial score (nSPS) is 18.9. The SMILES string of the molecule is C[C@H](NC(=O)[C@@H]1CCCN(Cc2ccccc2Cl)C1)c1ccc(S(C)(=O)=O)cc1. The topological polar surface area (TPSA) is 66.5 Å². The van der Waals surface area contributed by atoms with Gasteiger partial charge in [0.25, 0.3) is 0 Å². The average Bonchev–Trinajstić information content (AvgIpc) is 2.69. The number of piperidine rings is 1. The highest BCUT2D eigenvalue weighted by Gasteiger charge is 2.27. The van der Waals surface area contributed by atoms with Crippen LogP contribution >= 0.6 is 11.6 Å². The van der Waals surface area contributed by atoms with Gasteiger partial charge in [-0.2, -0.15) is 0 Å². The Labute approximate surface area is 178 Å².